The van der Waals surface area contributed by atoms with Crippen LogP contribution in [0.15, 0.2) is 35.6 Å². The largest absolute Gasteiger partial charge is 0.458 e. The van der Waals surface area contributed by atoms with Crippen LogP contribution < -0.4 is 5.56 Å². The lowest BCUT2D eigenvalue weighted by atomic mass is 10.2. The Hall–Kier alpha value is -2.38. The van der Waals surface area contributed by atoms with Gasteiger partial charge in [0.05, 0.1) is 16.9 Å². The molecule has 3 aromatic rings. The van der Waals surface area contributed by atoms with Gasteiger partial charge in [-0.2, -0.15) is 0 Å². The van der Waals surface area contributed by atoms with Gasteiger partial charge in [0.1, 0.15) is 17.2 Å². The molecule has 0 bridgehead atoms. The predicted octanol–water partition coefficient (Wildman–Crippen LogP) is 3.77. The van der Waals surface area contributed by atoms with E-state index in [-0.39, 0.29) is 10.8 Å². The Morgan fingerprint density at radius 3 is 2.63 bits per heavy atom. The molecule has 27 heavy (non-hydrogen) atoms. The second-order valence-corrected chi connectivity index (χ2v) is 7.82. The molecular weight excluding hydrogens is 391 g/mol. The van der Waals surface area contributed by atoms with Crippen LogP contribution in [0.5, 0.6) is 0 Å². The molecule has 0 fully saturated rings. The SMILES string of the molecule is C[C@H](C(=O)OC(C)(C)C)n1ccn2cc(-c3nc(Cl)ncc3Cl)cc2c1=O. The van der Waals surface area contributed by atoms with Crippen LogP contribution in [-0.4, -0.2) is 30.5 Å². The van der Waals surface area contributed by atoms with Crippen LogP contribution in [0.4, 0.5) is 0 Å². The molecule has 0 spiro atoms. The Bertz CT molecular complexity index is 1080. The van der Waals surface area contributed by atoms with E-state index in [1.165, 1.54) is 10.8 Å². The number of nitrogens with zero attached hydrogens (tertiary/aromatic N) is 4. The van der Waals surface area contributed by atoms with Crippen molar-refractivity contribution in [3.05, 3.63) is 51.5 Å². The Morgan fingerprint density at radius 2 is 1.96 bits per heavy atom. The topological polar surface area (TPSA) is 78.5 Å². The minimum atomic E-state index is -0.767. The molecule has 0 amide bonds. The first-order valence-corrected chi connectivity index (χ1v) is 8.96. The molecule has 3 aromatic heterocycles. The maximum absolute atomic E-state index is 12.9. The van der Waals surface area contributed by atoms with Crippen molar-refractivity contribution in [3.8, 4) is 11.3 Å². The van der Waals surface area contributed by atoms with Crippen molar-refractivity contribution >= 4 is 34.7 Å². The Kier molecular flexibility index (Phi) is 5.01. The normalized spacial score (nSPS) is 13.0. The average Bonchev–Trinajstić information content (AvgIpc) is 3.00. The first-order valence-electron chi connectivity index (χ1n) is 8.21. The van der Waals surface area contributed by atoms with Crippen LogP contribution in [0.25, 0.3) is 16.8 Å². The molecule has 7 nitrogen and oxygen atoms in total. The molecular formula is C18H18Cl2N4O3. The molecule has 3 rings (SSSR count). The standard InChI is InChI=1S/C18H18Cl2N4O3/c1-10(16(26)27-18(2,3)4)24-6-5-23-9-11(7-13(23)15(24)25)14-12(19)8-21-17(20)22-14/h5-10H,1-4H3/t10-/m1/s1. The second kappa shape index (κ2) is 6.98. The number of hydrogen-bond donors (Lipinski definition) is 0. The number of ether oxygens (including phenoxy) is 1. The zero-order valence-electron chi connectivity index (χ0n) is 15.2. The van der Waals surface area contributed by atoms with Gasteiger partial charge in [0.15, 0.2) is 0 Å². The van der Waals surface area contributed by atoms with E-state index in [9.17, 15) is 9.59 Å². The molecule has 0 saturated heterocycles. The van der Waals surface area contributed by atoms with Gasteiger partial charge in [0.2, 0.25) is 5.28 Å². The summed E-state index contributed by atoms with van der Waals surface area (Å²) in [6.07, 6.45) is 6.33. The highest BCUT2D eigenvalue weighted by Crippen LogP contribution is 2.27. The summed E-state index contributed by atoms with van der Waals surface area (Å²) in [7, 11) is 0. The van der Waals surface area contributed by atoms with Gasteiger partial charge >= 0.3 is 5.97 Å². The van der Waals surface area contributed by atoms with Crippen LogP contribution >= 0.6 is 23.2 Å². The first-order chi connectivity index (χ1) is 12.6. The molecule has 0 aliphatic carbocycles. The van der Waals surface area contributed by atoms with E-state index in [4.69, 9.17) is 27.9 Å². The molecule has 3 heterocycles. The van der Waals surface area contributed by atoms with E-state index in [0.29, 0.717) is 21.8 Å². The van der Waals surface area contributed by atoms with Crippen molar-refractivity contribution < 1.29 is 9.53 Å². The number of carbonyl (C=O) groups is 1. The van der Waals surface area contributed by atoms with E-state index in [0.717, 1.165) is 0 Å². The lowest BCUT2D eigenvalue weighted by Crippen LogP contribution is -2.33. The zero-order chi connectivity index (χ0) is 19.9. The molecule has 0 saturated carbocycles. The third-order valence-electron chi connectivity index (χ3n) is 3.84. The van der Waals surface area contributed by atoms with Crippen molar-refractivity contribution in [2.24, 2.45) is 0 Å². The first kappa shape index (κ1) is 19.4. The highest BCUT2D eigenvalue weighted by atomic mass is 35.5. The van der Waals surface area contributed by atoms with Gasteiger partial charge in [-0.25, -0.2) is 14.8 Å². The molecule has 0 aliphatic rings. The average molecular weight is 409 g/mol. The third kappa shape index (κ3) is 3.99. The van der Waals surface area contributed by atoms with Gasteiger partial charge in [-0.1, -0.05) is 11.6 Å². The fraction of sp³-hybridized carbons (Fsp3) is 0.333. The fourth-order valence-corrected chi connectivity index (χ4v) is 2.93. The van der Waals surface area contributed by atoms with E-state index < -0.39 is 17.6 Å². The van der Waals surface area contributed by atoms with Gasteiger partial charge in [0, 0.05) is 24.2 Å². The molecule has 0 aromatic carbocycles. The number of fused-ring (bicyclic) bond motifs is 1. The Morgan fingerprint density at radius 1 is 1.26 bits per heavy atom. The molecule has 0 radical (unpaired) electrons. The minimum Gasteiger partial charge on any atom is -0.458 e. The van der Waals surface area contributed by atoms with Crippen LogP contribution in [0.2, 0.25) is 10.3 Å². The summed E-state index contributed by atoms with van der Waals surface area (Å²) in [5, 5.41) is 0.373. The maximum Gasteiger partial charge on any atom is 0.329 e. The number of halogens is 2. The smallest absolute Gasteiger partial charge is 0.329 e. The monoisotopic (exact) mass is 408 g/mol. The summed E-state index contributed by atoms with van der Waals surface area (Å²) in [6, 6.07) is 0.878. The zero-order valence-corrected chi connectivity index (χ0v) is 16.7. The number of hydrogen-bond acceptors (Lipinski definition) is 5. The quantitative estimate of drug-likeness (QED) is 0.486. The number of esters is 1. The molecule has 9 heteroatoms. The van der Waals surface area contributed by atoms with Crippen molar-refractivity contribution in [2.75, 3.05) is 0 Å². The Labute approximate surface area is 165 Å². The maximum atomic E-state index is 12.9. The predicted molar refractivity (Wildman–Crippen MR) is 103 cm³/mol. The summed E-state index contributed by atoms with van der Waals surface area (Å²) < 4.78 is 8.35. The van der Waals surface area contributed by atoms with E-state index in [2.05, 4.69) is 9.97 Å². The van der Waals surface area contributed by atoms with E-state index in [1.807, 2.05) is 0 Å². The second-order valence-electron chi connectivity index (χ2n) is 7.08. The van der Waals surface area contributed by atoms with Crippen molar-refractivity contribution in [1.82, 2.24) is 18.9 Å². The molecule has 142 valence electrons. The van der Waals surface area contributed by atoms with Gasteiger partial charge in [-0.15, -0.1) is 0 Å². The van der Waals surface area contributed by atoms with Crippen LogP contribution in [0.1, 0.15) is 33.7 Å². The van der Waals surface area contributed by atoms with Crippen molar-refractivity contribution in [1.29, 1.82) is 0 Å². The van der Waals surface area contributed by atoms with Gasteiger partial charge in [0.25, 0.3) is 5.56 Å². The minimum absolute atomic E-state index is 0.0561. The van der Waals surface area contributed by atoms with Gasteiger partial charge in [-0.3, -0.25) is 9.36 Å². The lowest BCUT2D eigenvalue weighted by molar-refractivity contribution is -0.158. The molecule has 1 atom stereocenters. The van der Waals surface area contributed by atoms with Crippen molar-refractivity contribution in [2.45, 2.75) is 39.3 Å². The fourth-order valence-electron chi connectivity index (χ4n) is 2.60. The number of aromatic nitrogens is 4. The number of rotatable bonds is 3. The van der Waals surface area contributed by atoms with E-state index >= 15 is 0 Å². The molecule has 0 unspecified atom stereocenters. The number of carbonyl (C=O) groups excluding carboxylic acids is 1. The summed E-state index contributed by atoms with van der Waals surface area (Å²) in [6.45, 7) is 6.95. The lowest BCUT2D eigenvalue weighted by Gasteiger charge is -2.23. The molecule has 0 aliphatic heterocycles. The van der Waals surface area contributed by atoms with Crippen LogP contribution in [0.3, 0.4) is 0 Å². The summed E-state index contributed by atoms with van der Waals surface area (Å²) in [4.78, 5) is 33.1. The summed E-state index contributed by atoms with van der Waals surface area (Å²) >= 11 is 12.0. The highest BCUT2D eigenvalue weighted by molar-refractivity contribution is 6.33. The van der Waals surface area contributed by atoms with Crippen LogP contribution in [-0.2, 0) is 9.53 Å². The highest BCUT2D eigenvalue weighted by Gasteiger charge is 2.24. The van der Waals surface area contributed by atoms with E-state index in [1.54, 1.807) is 56.8 Å². The summed E-state index contributed by atoms with van der Waals surface area (Å²) in [5.74, 6) is -0.480. The van der Waals surface area contributed by atoms with Gasteiger partial charge in [-0.05, 0) is 45.4 Å². The van der Waals surface area contributed by atoms with Crippen molar-refractivity contribution in [3.63, 3.8) is 0 Å². The summed E-state index contributed by atoms with van der Waals surface area (Å²) in [5.41, 5.74) is 0.437. The Balaban J connectivity index is 2.04. The molecule has 0 N–H and O–H groups in total. The third-order valence-corrected chi connectivity index (χ3v) is 4.30. The van der Waals surface area contributed by atoms with Crippen LogP contribution in [0, 0.1) is 0 Å². The van der Waals surface area contributed by atoms with Gasteiger partial charge < -0.3 is 9.14 Å².